The molecule has 1 unspecified atom stereocenters. The van der Waals surface area contributed by atoms with Gasteiger partial charge in [-0.1, -0.05) is 11.8 Å². The lowest BCUT2D eigenvalue weighted by molar-refractivity contribution is -0.118. The molecule has 2 aromatic heterocycles. The van der Waals surface area contributed by atoms with E-state index >= 15 is 0 Å². The van der Waals surface area contributed by atoms with Gasteiger partial charge in [0.05, 0.1) is 24.3 Å². The van der Waals surface area contributed by atoms with Crippen LogP contribution in [0.3, 0.4) is 0 Å². The van der Waals surface area contributed by atoms with E-state index in [1.165, 1.54) is 30.8 Å². The second kappa shape index (κ2) is 11.6. The van der Waals surface area contributed by atoms with Crippen molar-refractivity contribution in [1.82, 2.24) is 9.29 Å². The number of pyridine rings is 1. The van der Waals surface area contributed by atoms with Crippen molar-refractivity contribution < 1.29 is 31.6 Å². The molecular weight excluding hydrogens is 513 g/mol. The number of thiophene rings is 1. The standard InChI is InChI=1S/C22H26N3O7PS2/c1-4-31-33(28,32-5-2)13-8-6-7-9-16-10-11-18(23-15-16)24-22(27)19-20(26)21-17(12-14-34-21)35(29,30)25(19)3/h10-12,14-15,19H,4-6,8,13H2,1-3H3,(H,23,24,27). The zero-order chi connectivity index (χ0) is 25.6. The van der Waals surface area contributed by atoms with E-state index in [-0.39, 0.29) is 21.8 Å². The molecule has 1 N–H and O–H groups in total. The lowest BCUT2D eigenvalue weighted by Gasteiger charge is -2.29. The number of hydrogen-bond donors (Lipinski definition) is 1. The minimum Gasteiger partial charge on any atom is -0.309 e. The minimum absolute atomic E-state index is 0.0423. The average molecular weight is 540 g/mol. The number of likely N-dealkylation sites (N-methyl/N-ethyl adjacent to an activating group) is 1. The molecule has 1 aliphatic heterocycles. The van der Waals surface area contributed by atoms with E-state index in [4.69, 9.17) is 9.05 Å². The summed E-state index contributed by atoms with van der Waals surface area (Å²) >= 11 is 0.988. The van der Waals surface area contributed by atoms with E-state index in [0.29, 0.717) is 31.6 Å². The highest BCUT2D eigenvalue weighted by Crippen LogP contribution is 2.48. The molecule has 0 fully saturated rings. The summed E-state index contributed by atoms with van der Waals surface area (Å²) in [5.74, 6) is 4.69. The van der Waals surface area contributed by atoms with Gasteiger partial charge < -0.3 is 14.4 Å². The molecule has 35 heavy (non-hydrogen) atoms. The molecule has 1 aliphatic rings. The van der Waals surface area contributed by atoms with Gasteiger partial charge in [-0.3, -0.25) is 14.2 Å². The molecule has 2 aromatic rings. The molecule has 0 aromatic carbocycles. The summed E-state index contributed by atoms with van der Waals surface area (Å²) in [6, 6.07) is 2.99. The lowest BCUT2D eigenvalue weighted by atomic mass is 10.1. The van der Waals surface area contributed by atoms with Crippen LogP contribution in [-0.4, -0.2) is 61.9 Å². The van der Waals surface area contributed by atoms with Crippen LogP contribution in [0.15, 0.2) is 34.7 Å². The van der Waals surface area contributed by atoms with Crippen LogP contribution in [0.25, 0.3) is 0 Å². The van der Waals surface area contributed by atoms with Crippen LogP contribution in [0.1, 0.15) is 41.9 Å². The van der Waals surface area contributed by atoms with Crippen LogP contribution in [0, 0.1) is 11.8 Å². The highest BCUT2D eigenvalue weighted by atomic mass is 32.2. The van der Waals surface area contributed by atoms with Crippen LogP contribution >= 0.6 is 18.9 Å². The highest BCUT2D eigenvalue weighted by molar-refractivity contribution is 7.89. The smallest absolute Gasteiger partial charge is 0.309 e. The minimum atomic E-state index is -3.94. The quantitative estimate of drug-likeness (QED) is 0.222. The van der Waals surface area contributed by atoms with Crippen molar-refractivity contribution in [1.29, 1.82) is 0 Å². The topological polar surface area (TPSA) is 132 Å². The number of anilines is 1. The molecule has 13 heteroatoms. The van der Waals surface area contributed by atoms with Crippen LogP contribution in [0.5, 0.6) is 0 Å². The van der Waals surface area contributed by atoms with Gasteiger partial charge in [0, 0.05) is 25.2 Å². The molecule has 188 valence electrons. The Kier molecular flexibility index (Phi) is 8.99. The number of rotatable bonds is 9. The number of nitrogens with one attached hydrogen (secondary N) is 1. The Morgan fingerprint density at radius 1 is 1.26 bits per heavy atom. The SMILES string of the molecule is CCOP(=O)(CCCC#Cc1ccc(NC(=O)C2C(=O)c3sccc3S(=O)(=O)N2C)nc1)OCC. The van der Waals surface area contributed by atoms with E-state index in [9.17, 15) is 22.6 Å². The van der Waals surface area contributed by atoms with Gasteiger partial charge in [0.2, 0.25) is 15.8 Å². The zero-order valence-electron chi connectivity index (χ0n) is 19.5. The van der Waals surface area contributed by atoms with Crippen molar-refractivity contribution >= 4 is 46.5 Å². The summed E-state index contributed by atoms with van der Waals surface area (Å²) in [7, 11) is -5.82. The third-order valence-corrected chi connectivity index (χ3v) is 10.1. The fourth-order valence-corrected chi connectivity index (χ4v) is 7.69. The average Bonchev–Trinajstić information content (AvgIpc) is 3.31. The number of ketones is 1. The number of fused-ring (bicyclic) bond motifs is 1. The molecular formula is C22H26N3O7PS2. The molecule has 0 saturated heterocycles. The Hall–Kier alpha value is -2.39. The molecule has 0 spiro atoms. The van der Waals surface area contributed by atoms with Crippen molar-refractivity contribution in [3.8, 4) is 11.8 Å². The maximum atomic E-state index is 12.8. The maximum absolute atomic E-state index is 12.8. The molecule has 1 amide bonds. The predicted octanol–water partition coefficient (Wildman–Crippen LogP) is 3.37. The summed E-state index contributed by atoms with van der Waals surface area (Å²) in [4.78, 5) is 29.6. The number of hydrogen-bond acceptors (Lipinski definition) is 9. The second-order valence-corrected chi connectivity index (χ2v) is 12.5. The molecule has 0 aliphatic carbocycles. The first-order valence-corrected chi connectivity index (χ1v) is 14.9. The summed E-state index contributed by atoms with van der Waals surface area (Å²) in [5.41, 5.74) is 0.595. The number of nitrogens with zero attached hydrogens (tertiary/aromatic N) is 2. The van der Waals surface area contributed by atoms with Gasteiger partial charge in [0.15, 0.2) is 6.04 Å². The van der Waals surface area contributed by atoms with Gasteiger partial charge in [0.1, 0.15) is 10.7 Å². The van der Waals surface area contributed by atoms with Crippen molar-refractivity contribution in [3.05, 3.63) is 40.2 Å². The Morgan fingerprint density at radius 2 is 1.97 bits per heavy atom. The molecule has 3 heterocycles. The van der Waals surface area contributed by atoms with Crippen molar-refractivity contribution in [2.24, 2.45) is 0 Å². The van der Waals surface area contributed by atoms with E-state index < -0.39 is 35.4 Å². The van der Waals surface area contributed by atoms with E-state index in [1.807, 2.05) is 0 Å². The molecule has 1 atom stereocenters. The summed E-state index contributed by atoms with van der Waals surface area (Å²) in [6.07, 6.45) is 2.76. The summed E-state index contributed by atoms with van der Waals surface area (Å²) in [6.45, 7) is 4.15. The third kappa shape index (κ3) is 6.25. The Balaban J connectivity index is 1.59. The molecule has 10 nitrogen and oxygen atoms in total. The number of aromatic nitrogens is 1. The van der Waals surface area contributed by atoms with Crippen molar-refractivity contribution in [3.63, 3.8) is 0 Å². The van der Waals surface area contributed by atoms with Gasteiger partial charge >= 0.3 is 7.60 Å². The van der Waals surface area contributed by atoms with Crippen LogP contribution in [0.4, 0.5) is 5.82 Å². The number of carbonyl (C=O) groups is 2. The van der Waals surface area contributed by atoms with E-state index in [1.54, 1.807) is 19.9 Å². The Morgan fingerprint density at radius 3 is 2.60 bits per heavy atom. The fraction of sp³-hybridized carbons (Fsp3) is 0.409. The molecule has 0 radical (unpaired) electrons. The first-order chi connectivity index (χ1) is 16.6. The first kappa shape index (κ1) is 27.2. The van der Waals surface area contributed by atoms with Crippen molar-refractivity contribution in [2.75, 3.05) is 31.7 Å². The van der Waals surface area contributed by atoms with Gasteiger partial charge in [0.25, 0.3) is 5.91 Å². The number of carbonyl (C=O) groups excluding carboxylic acids is 2. The summed E-state index contributed by atoms with van der Waals surface area (Å²) < 4.78 is 48.9. The van der Waals surface area contributed by atoms with Gasteiger partial charge in [-0.25, -0.2) is 13.4 Å². The van der Waals surface area contributed by atoms with Crippen LogP contribution < -0.4 is 5.32 Å². The summed E-state index contributed by atoms with van der Waals surface area (Å²) in [5, 5.41) is 4.00. The van der Waals surface area contributed by atoms with Gasteiger partial charge in [-0.2, -0.15) is 4.31 Å². The molecule has 3 rings (SSSR count). The fourth-order valence-electron chi connectivity index (χ4n) is 3.37. The lowest BCUT2D eigenvalue weighted by Crippen LogP contribution is -2.52. The number of unbranched alkanes of at least 4 members (excludes halogenated alkanes) is 1. The Bertz CT molecular complexity index is 1290. The van der Waals surface area contributed by atoms with E-state index in [0.717, 1.165) is 15.6 Å². The number of Topliss-reactive ketones (excluding diaryl/α,β-unsaturated/α-hetero) is 1. The monoisotopic (exact) mass is 539 g/mol. The number of sulfonamides is 1. The highest BCUT2D eigenvalue weighted by Gasteiger charge is 2.46. The van der Waals surface area contributed by atoms with Crippen LogP contribution in [-0.2, 0) is 28.4 Å². The normalized spacial score (nSPS) is 17.3. The van der Waals surface area contributed by atoms with Crippen LogP contribution in [0.2, 0.25) is 0 Å². The Labute approximate surface area is 208 Å². The second-order valence-electron chi connectivity index (χ2n) is 7.40. The van der Waals surface area contributed by atoms with E-state index in [2.05, 4.69) is 22.1 Å². The predicted molar refractivity (Wildman–Crippen MR) is 132 cm³/mol. The number of amides is 1. The third-order valence-electron chi connectivity index (χ3n) is 5.00. The van der Waals surface area contributed by atoms with Gasteiger partial charge in [-0.15, -0.1) is 11.3 Å². The molecule has 0 saturated carbocycles. The van der Waals surface area contributed by atoms with Crippen molar-refractivity contribution in [2.45, 2.75) is 37.6 Å². The maximum Gasteiger partial charge on any atom is 0.330 e. The largest absolute Gasteiger partial charge is 0.330 e. The first-order valence-electron chi connectivity index (χ1n) is 10.9. The molecule has 0 bridgehead atoms. The van der Waals surface area contributed by atoms with Gasteiger partial charge in [-0.05, 0) is 43.8 Å². The zero-order valence-corrected chi connectivity index (χ0v) is 22.0.